The van der Waals surface area contributed by atoms with Gasteiger partial charge in [-0.2, -0.15) is 0 Å². The van der Waals surface area contributed by atoms with Gasteiger partial charge in [0.15, 0.2) is 0 Å². The van der Waals surface area contributed by atoms with E-state index in [4.69, 9.17) is 0 Å². The molecular weight excluding hydrogens is 220 g/mol. The average molecular weight is 254 g/mol. The first-order chi connectivity index (χ1) is 8.77. The Morgan fingerprint density at radius 1 is 1.00 bits per heavy atom. The number of aliphatic hydroxyl groups is 1. The second-order valence-corrected chi connectivity index (χ2v) is 6.32. The number of rotatable bonds is 7. The van der Waals surface area contributed by atoms with E-state index in [1.54, 1.807) is 0 Å². The van der Waals surface area contributed by atoms with Gasteiger partial charge in [0.2, 0.25) is 0 Å². The van der Waals surface area contributed by atoms with Crippen LogP contribution in [0.3, 0.4) is 0 Å². The first-order valence-electron chi connectivity index (χ1n) is 8.46. The SMILES string of the molecule is CCCCC(CC)CC(O)C1CCCCCCC1. The molecule has 1 saturated carbocycles. The molecule has 0 amide bonds. The predicted octanol–water partition coefficient (Wildman–Crippen LogP) is 5.31. The number of aliphatic hydroxyl groups excluding tert-OH is 1. The summed E-state index contributed by atoms with van der Waals surface area (Å²) in [6.07, 6.45) is 15.6. The van der Waals surface area contributed by atoms with E-state index in [2.05, 4.69) is 13.8 Å². The molecule has 1 nitrogen and oxygen atoms in total. The molecule has 0 spiro atoms. The molecule has 2 unspecified atom stereocenters. The summed E-state index contributed by atoms with van der Waals surface area (Å²) >= 11 is 0. The molecule has 2 atom stereocenters. The van der Waals surface area contributed by atoms with E-state index in [0.717, 1.165) is 12.3 Å². The van der Waals surface area contributed by atoms with Gasteiger partial charge in [0, 0.05) is 0 Å². The maximum absolute atomic E-state index is 10.5. The van der Waals surface area contributed by atoms with Gasteiger partial charge in [-0.05, 0) is 31.1 Å². The molecule has 1 heteroatoms. The third kappa shape index (κ3) is 6.22. The molecule has 108 valence electrons. The Morgan fingerprint density at radius 2 is 1.61 bits per heavy atom. The lowest BCUT2D eigenvalue weighted by Gasteiger charge is -2.27. The largest absolute Gasteiger partial charge is 0.393 e. The maximum atomic E-state index is 10.5. The highest BCUT2D eigenvalue weighted by Crippen LogP contribution is 2.29. The molecular formula is C17H34O. The van der Waals surface area contributed by atoms with Gasteiger partial charge in [-0.25, -0.2) is 0 Å². The van der Waals surface area contributed by atoms with Crippen LogP contribution in [-0.4, -0.2) is 11.2 Å². The van der Waals surface area contributed by atoms with Crippen LogP contribution in [0.2, 0.25) is 0 Å². The van der Waals surface area contributed by atoms with Gasteiger partial charge in [-0.3, -0.25) is 0 Å². The number of hydrogen-bond acceptors (Lipinski definition) is 1. The zero-order chi connectivity index (χ0) is 13.2. The Kier molecular flexibility index (Phi) is 8.75. The van der Waals surface area contributed by atoms with Crippen molar-refractivity contribution in [3.8, 4) is 0 Å². The van der Waals surface area contributed by atoms with Crippen molar-refractivity contribution in [1.82, 2.24) is 0 Å². The highest BCUT2D eigenvalue weighted by atomic mass is 16.3. The minimum absolute atomic E-state index is 0.0232. The van der Waals surface area contributed by atoms with Gasteiger partial charge in [0.05, 0.1) is 6.10 Å². The Balaban J connectivity index is 2.33. The summed E-state index contributed by atoms with van der Waals surface area (Å²) in [5.74, 6) is 1.35. The minimum atomic E-state index is -0.0232. The second-order valence-electron chi connectivity index (χ2n) is 6.32. The van der Waals surface area contributed by atoms with E-state index in [-0.39, 0.29) is 6.10 Å². The second kappa shape index (κ2) is 9.83. The van der Waals surface area contributed by atoms with Crippen molar-refractivity contribution in [2.75, 3.05) is 0 Å². The van der Waals surface area contributed by atoms with Crippen LogP contribution < -0.4 is 0 Å². The van der Waals surface area contributed by atoms with Crippen molar-refractivity contribution < 1.29 is 5.11 Å². The van der Waals surface area contributed by atoms with Gasteiger partial charge in [0.1, 0.15) is 0 Å². The third-order valence-electron chi connectivity index (χ3n) is 4.81. The van der Waals surface area contributed by atoms with Crippen LogP contribution in [0.4, 0.5) is 0 Å². The highest BCUT2D eigenvalue weighted by Gasteiger charge is 2.22. The van der Waals surface area contributed by atoms with E-state index in [1.165, 1.54) is 70.6 Å². The molecule has 0 aliphatic heterocycles. The smallest absolute Gasteiger partial charge is 0.0571 e. The van der Waals surface area contributed by atoms with E-state index in [9.17, 15) is 5.11 Å². The van der Waals surface area contributed by atoms with Crippen LogP contribution in [0.15, 0.2) is 0 Å². The fourth-order valence-corrected chi connectivity index (χ4v) is 3.39. The van der Waals surface area contributed by atoms with Crippen LogP contribution in [0.1, 0.15) is 90.9 Å². The normalized spacial score (nSPS) is 22.2. The average Bonchev–Trinajstić information content (AvgIpc) is 2.33. The molecule has 1 fully saturated rings. The Bertz CT molecular complexity index is 182. The summed E-state index contributed by atoms with van der Waals surface area (Å²) in [6.45, 7) is 4.54. The molecule has 0 radical (unpaired) electrons. The Labute approximate surface area is 114 Å². The van der Waals surface area contributed by atoms with Gasteiger partial charge < -0.3 is 5.11 Å². The molecule has 0 aromatic carbocycles. The van der Waals surface area contributed by atoms with Gasteiger partial charge in [-0.1, -0.05) is 71.6 Å². The third-order valence-corrected chi connectivity index (χ3v) is 4.81. The van der Waals surface area contributed by atoms with Crippen molar-refractivity contribution in [3.05, 3.63) is 0 Å². The van der Waals surface area contributed by atoms with Gasteiger partial charge >= 0.3 is 0 Å². The summed E-state index contributed by atoms with van der Waals surface area (Å²) in [6, 6.07) is 0. The quantitative estimate of drug-likeness (QED) is 0.652. The molecule has 0 aromatic rings. The van der Waals surface area contributed by atoms with E-state index < -0.39 is 0 Å². The first kappa shape index (κ1) is 16.0. The molecule has 18 heavy (non-hydrogen) atoms. The summed E-state index contributed by atoms with van der Waals surface area (Å²) in [5, 5.41) is 10.5. The number of hydrogen-bond donors (Lipinski definition) is 1. The fourth-order valence-electron chi connectivity index (χ4n) is 3.39. The molecule has 0 aromatic heterocycles. The first-order valence-corrected chi connectivity index (χ1v) is 8.46. The zero-order valence-electron chi connectivity index (χ0n) is 12.7. The maximum Gasteiger partial charge on any atom is 0.0571 e. The fraction of sp³-hybridized carbons (Fsp3) is 1.00. The monoisotopic (exact) mass is 254 g/mol. The van der Waals surface area contributed by atoms with Crippen LogP contribution >= 0.6 is 0 Å². The van der Waals surface area contributed by atoms with Crippen molar-refractivity contribution in [3.63, 3.8) is 0 Å². The Morgan fingerprint density at radius 3 is 2.17 bits per heavy atom. The lowest BCUT2D eigenvalue weighted by atomic mass is 9.82. The molecule has 1 N–H and O–H groups in total. The molecule has 1 rings (SSSR count). The molecule has 1 aliphatic rings. The van der Waals surface area contributed by atoms with Gasteiger partial charge in [0.25, 0.3) is 0 Å². The zero-order valence-corrected chi connectivity index (χ0v) is 12.7. The number of unbranched alkanes of at least 4 members (excludes halogenated alkanes) is 1. The molecule has 1 aliphatic carbocycles. The van der Waals surface area contributed by atoms with Gasteiger partial charge in [-0.15, -0.1) is 0 Å². The lowest BCUT2D eigenvalue weighted by molar-refractivity contribution is 0.0651. The van der Waals surface area contributed by atoms with E-state index in [1.807, 2.05) is 0 Å². The van der Waals surface area contributed by atoms with Crippen molar-refractivity contribution in [2.45, 2.75) is 97.0 Å². The van der Waals surface area contributed by atoms with Crippen molar-refractivity contribution in [2.24, 2.45) is 11.8 Å². The van der Waals surface area contributed by atoms with Crippen LogP contribution in [0.5, 0.6) is 0 Å². The molecule has 0 saturated heterocycles. The van der Waals surface area contributed by atoms with E-state index in [0.29, 0.717) is 5.92 Å². The predicted molar refractivity (Wildman–Crippen MR) is 79.7 cm³/mol. The molecule has 0 bridgehead atoms. The van der Waals surface area contributed by atoms with Crippen LogP contribution in [-0.2, 0) is 0 Å². The topological polar surface area (TPSA) is 20.2 Å². The van der Waals surface area contributed by atoms with Crippen LogP contribution in [0, 0.1) is 11.8 Å². The lowest BCUT2D eigenvalue weighted by Crippen LogP contribution is -2.24. The molecule has 0 heterocycles. The van der Waals surface area contributed by atoms with Crippen LogP contribution in [0.25, 0.3) is 0 Å². The standard InChI is InChI=1S/C17H34O/c1-3-5-11-15(4-2)14-17(18)16-12-9-7-6-8-10-13-16/h15-18H,3-14H2,1-2H3. The van der Waals surface area contributed by atoms with Crippen molar-refractivity contribution in [1.29, 1.82) is 0 Å². The summed E-state index contributed by atoms with van der Waals surface area (Å²) in [5.41, 5.74) is 0. The summed E-state index contributed by atoms with van der Waals surface area (Å²) in [7, 11) is 0. The highest BCUT2D eigenvalue weighted by molar-refractivity contribution is 4.74. The summed E-state index contributed by atoms with van der Waals surface area (Å²) in [4.78, 5) is 0. The van der Waals surface area contributed by atoms with Crippen molar-refractivity contribution >= 4 is 0 Å². The van der Waals surface area contributed by atoms with E-state index >= 15 is 0 Å². The Hall–Kier alpha value is -0.0400. The minimum Gasteiger partial charge on any atom is -0.393 e. The summed E-state index contributed by atoms with van der Waals surface area (Å²) < 4.78 is 0.